The highest BCUT2D eigenvalue weighted by molar-refractivity contribution is 5.93. The summed E-state index contributed by atoms with van der Waals surface area (Å²) in [5.41, 5.74) is 0.402. The summed E-state index contributed by atoms with van der Waals surface area (Å²) in [7, 11) is 0. The van der Waals surface area contributed by atoms with Crippen LogP contribution in [0.3, 0.4) is 0 Å². The number of rotatable bonds is 4. The molecule has 2 aromatic heterocycles. The molecule has 2 aromatic rings. The van der Waals surface area contributed by atoms with Gasteiger partial charge in [0.1, 0.15) is 17.2 Å². The van der Waals surface area contributed by atoms with Gasteiger partial charge in [0.25, 0.3) is 0 Å². The quantitative estimate of drug-likeness (QED) is 0.848. The zero-order valence-electron chi connectivity index (χ0n) is 9.17. The number of carboxylic acids is 1. The highest BCUT2D eigenvalue weighted by Crippen LogP contribution is 2.14. The number of carboxylic acid groups (broad SMARTS) is 1. The minimum absolute atomic E-state index is 0.0922. The molecule has 2 N–H and O–H groups in total. The van der Waals surface area contributed by atoms with Gasteiger partial charge in [0.15, 0.2) is 0 Å². The van der Waals surface area contributed by atoms with E-state index >= 15 is 0 Å². The molecule has 0 aliphatic heterocycles. The molecule has 0 spiro atoms. The minimum Gasteiger partial charge on any atom is -0.478 e. The van der Waals surface area contributed by atoms with E-state index in [1.54, 1.807) is 12.1 Å². The van der Waals surface area contributed by atoms with Gasteiger partial charge in [-0.1, -0.05) is 0 Å². The van der Waals surface area contributed by atoms with Gasteiger partial charge in [0.2, 0.25) is 0 Å². The molecule has 2 rings (SSSR count). The van der Waals surface area contributed by atoms with Gasteiger partial charge < -0.3 is 10.4 Å². The normalized spacial score (nSPS) is 10.1. The third-order valence-electron chi connectivity index (χ3n) is 2.15. The first-order chi connectivity index (χ1) is 8.66. The predicted molar refractivity (Wildman–Crippen MR) is 60.5 cm³/mol. The van der Waals surface area contributed by atoms with E-state index in [-0.39, 0.29) is 17.9 Å². The summed E-state index contributed by atoms with van der Waals surface area (Å²) in [6.07, 6.45) is 2.48. The van der Waals surface area contributed by atoms with Gasteiger partial charge in [-0.25, -0.2) is 14.2 Å². The number of carbonyl (C=O) groups is 1. The SMILES string of the molecule is O=C(O)c1cc(F)cnc1NCc1cccnn1. The number of halogens is 1. The Kier molecular flexibility index (Phi) is 3.42. The zero-order valence-corrected chi connectivity index (χ0v) is 9.17. The molecular formula is C11H9FN4O2. The monoisotopic (exact) mass is 248 g/mol. The Labute approximate surface area is 102 Å². The summed E-state index contributed by atoms with van der Waals surface area (Å²) in [6, 6.07) is 4.35. The van der Waals surface area contributed by atoms with E-state index in [2.05, 4.69) is 20.5 Å². The second kappa shape index (κ2) is 5.17. The lowest BCUT2D eigenvalue weighted by atomic mass is 10.2. The van der Waals surface area contributed by atoms with Crippen molar-refractivity contribution in [2.75, 3.05) is 5.32 Å². The highest BCUT2D eigenvalue weighted by Gasteiger charge is 2.12. The van der Waals surface area contributed by atoms with Gasteiger partial charge in [-0.05, 0) is 18.2 Å². The van der Waals surface area contributed by atoms with Gasteiger partial charge in [-0.15, -0.1) is 0 Å². The predicted octanol–water partition coefficient (Wildman–Crippen LogP) is 1.32. The summed E-state index contributed by atoms with van der Waals surface area (Å²) in [5, 5.41) is 19.2. The fourth-order valence-electron chi connectivity index (χ4n) is 1.35. The lowest BCUT2D eigenvalue weighted by Crippen LogP contribution is -2.09. The Morgan fingerprint density at radius 3 is 3.00 bits per heavy atom. The van der Waals surface area contributed by atoms with Gasteiger partial charge >= 0.3 is 5.97 Å². The molecule has 0 radical (unpaired) electrons. The molecule has 0 atom stereocenters. The molecule has 0 saturated heterocycles. The fraction of sp³-hybridized carbons (Fsp3) is 0.0909. The first kappa shape index (κ1) is 11.9. The Hall–Kier alpha value is -2.57. The third kappa shape index (κ3) is 2.76. The molecule has 92 valence electrons. The van der Waals surface area contributed by atoms with E-state index in [0.717, 1.165) is 12.3 Å². The molecule has 18 heavy (non-hydrogen) atoms. The summed E-state index contributed by atoms with van der Waals surface area (Å²) >= 11 is 0. The van der Waals surface area contributed by atoms with Gasteiger partial charge in [0.05, 0.1) is 18.4 Å². The molecular weight excluding hydrogens is 239 g/mol. The first-order valence-corrected chi connectivity index (χ1v) is 5.06. The first-order valence-electron chi connectivity index (χ1n) is 5.06. The van der Waals surface area contributed by atoms with Crippen molar-refractivity contribution in [2.24, 2.45) is 0 Å². The Morgan fingerprint density at radius 1 is 1.50 bits per heavy atom. The largest absolute Gasteiger partial charge is 0.478 e. The zero-order chi connectivity index (χ0) is 13.0. The molecule has 0 fully saturated rings. The highest BCUT2D eigenvalue weighted by atomic mass is 19.1. The van der Waals surface area contributed by atoms with Crippen LogP contribution in [-0.4, -0.2) is 26.3 Å². The maximum Gasteiger partial charge on any atom is 0.339 e. The second-order valence-electron chi connectivity index (χ2n) is 3.42. The van der Waals surface area contributed by atoms with E-state index in [4.69, 9.17) is 5.11 Å². The average Bonchev–Trinajstić information content (AvgIpc) is 2.38. The Morgan fingerprint density at radius 2 is 2.33 bits per heavy atom. The lowest BCUT2D eigenvalue weighted by Gasteiger charge is -2.07. The number of pyridine rings is 1. The van der Waals surface area contributed by atoms with Crippen molar-refractivity contribution in [3.05, 3.63) is 47.7 Å². The van der Waals surface area contributed by atoms with Crippen LogP contribution in [0, 0.1) is 5.82 Å². The summed E-state index contributed by atoms with van der Waals surface area (Å²) in [5.74, 6) is -1.85. The number of nitrogens with zero attached hydrogens (tertiary/aromatic N) is 3. The minimum atomic E-state index is -1.25. The number of aromatic carboxylic acids is 1. The fourth-order valence-corrected chi connectivity index (χ4v) is 1.35. The molecule has 0 amide bonds. The smallest absolute Gasteiger partial charge is 0.339 e. The van der Waals surface area contributed by atoms with Crippen LogP contribution in [0.1, 0.15) is 16.1 Å². The molecule has 2 heterocycles. The van der Waals surface area contributed by atoms with Crippen LogP contribution < -0.4 is 5.32 Å². The number of aromatic nitrogens is 3. The van der Waals surface area contributed by atoms with E-state index in [0.29, 0.717) is 5.69 Å². The van der Waals surface area contributed by atoms with Gasteiger partial charge in [-0.2, -0.15) is 10.2 Å². The van der Waals surface area contributed by atoms with Crippen LogP contribution in [0.2, 0.25) is 0 Å². The van der Waals surface area contributed by atoms with Crippen LogP contribution in [-0.2, 0) is 6.54 Å². The molecule has 0 aliphatic carbocycles. The van der Waals surface area contributed by atoms with Gasteiger partial charge in [0, 0.05) is 6.20 Å². The standard InChI is InChI=1S/C11H9FN4O2/c12-7-4-9(11(17)18)10(13-5-7)14-6-8-2-1-3-15-16-8/h1-5H,6H2,(H,13,14)(H,17,18). The second-order valence-corrected chi connectivity index (χ2v) is 3.42. The van der Waals surface area contributed by atoms with E-state index in [1.807, 2.05) is 0 Å². The molecule has 6 nitrogen and oxygen atoms in total. The summed E-state index contributed by atoms with van der Waals surface area (Å²) in [6.45, 7) is 0.257. The van der Waals surface area contributed by atoms with Crippen molar-refractivity contribution in [1.82, 2.24) is 15.2 Å². The Balaban J connectivity index is 2.17. The average molecular weight is 248 g/mol. The maximum atomic E-state index is 12.9. The molecule has 0 aliphatic rings. The summed E-state index contributed by atoms with van der Waals surface area (Å²) < 4.78 is 12.9. The number of hydrogen-bond donors (Lipinski definition) is 2. The molecule has 0 aromatic carbocycles. The van der Waals surface area contributed by atoms with Crippen molar-refractivity contribution in [2.45, 2.75) is 6.54 Å². The van der Waals surface area contributed by atoms with Crippen molar-refractivity contribution in [1.29, 1.82) is 0 Å². The van der Waals surface area contributed by atoms with E-state index in [9.17, 15) is 9.18 Å². The molecule has 0 saturated carbocycles. The van der Waals surface area contributed by atoms with Crippen LogP contribution in [0.4, 0.5) is 10.2 Å². The molecule has 0 unspecified atom stereocenters. The van der Waals surface area contributed by atoms with Crippen molar-refractivity contribution < 1.29 is 14.3 Å². The molecule has 7 heteroatoms. The van der Waals surface area contributed by atoms with Crippen LogP contribution in [0.5, 0.6) is 0 Å². The lowest BCUT2D eigenvalue weighted by molar-refractivity contribution is 0.0697. The number of anilines is 1. The maximum absolute atomic E-state index is 12.9. The van der Waals surface area contributed by atoms with E-state index < -0.39 is 11.8 Å². The number of nitrogens with one attached hydrogen (secondary N) is 1. The van der Waals surface area contributed by atoms with E-state index in [1.165, 1.54) is 6.20 Å². The molecule has 0 bridgehead atoms. The topological polar surface area (TPSA) is 88.0 Å². The van der Waals surface area contributed by atoms with Crippen molar-refractivity contribution >= 4 is 11.8 Å². The van der Waals surface area contributed by atoms with Crippen LogP contribution >= 0.6 is 0 Å². The Bertz CT molecular complexity index is 562. The van der Waals surface area contributed by atoms with Crippen molar-refractivity contribution in [3.63, 3.8) is 0 Å². The van der Waals surface area contributed by atoms with Crippen molar-refractivity contribution in [3.8, 4) is 0 Å². The van der Waals surface area contributed by atoms with Crippen LogP contribution in [0.15, 0.2) is 30.6 Å². The third-order valence-corrected chi connectivity index (χ3v) is 2.15. The van der Waals surface area contributed by atoms with Crippen LogP contribution in [0.25, 0.3) is 0 Å². The summed E-state index contributed by atoms with van der Waals surface area (Å²) in [4.78, 5) is 14.6. The number of hydrogen-bond acceptors (Lipinski definition) is 5. The van der Waals surface area contributed by atoms with Gasteiger partial charge in [-0.3, -0.25) is 0 Å².